The third kappa shape index (κ3) is 4.80. The zero-order chi connectivity index (χ0) is 20.9. The summed E-state index contributed by atoms with van der Waals surface area (Å²) in [5.41, 5.74) is 1.93. The van der Waals surface area contributed by atoms with Gasteiger partial charge in [0.25, 0.3) is 0 Å². The Bertz CT molecular complexity index is 1040. The number of rotatable bonds is 7. The molecule has 0 aliphatic carbocycles. The van der Waals surface area contributed by atoms with E-state index in [1.54, 1.807) is 29.8 Å². The van der Waals surface area contributed by atoms with Crippen LogP contribution in [0.3, 0.4) is 0 Å². The molecule has 1 aromatic heterocycles. The van der Waals surface area contributed by atoms with E-state index in [2.05, 4.69) is 27.6 Å². The number of thioether (sulfide) groups is 1. The van der Waals surface area contributed by atoms with E-state index in [0.29, 0.717) is 17.4 Å². The Kier molecular flexibility index (Phi) is 6.29. The van der Waals surface area contributed by atoms with E-state index in [4.69, 9.17) is 4.74 Å². The number of carbonyl (C=O) groups is 2. The Morgan fingerprint density at radius 2 is 2.07 bits per heavy atom. The summed E-state index contributed by atoms with van der Waals surface area (Å²) >= 11 is 2.91. The van der Waals surface area contributed by atoms with Crippen LogP contribution in [0.5, 0.6) is 5.75 Å². The van der Waals surface area contributed by atoms with Crippen molar-refractivity contribution in [1.29, 1.82) is 0 Å². The molecule has 1 fully saturated rings. The molecule has 2 heterocycles. The van der Waals surface area contributed by atoms with Gasteiger partial charge in [0.2, 0.25) is 16.9 Å². The van der Waals surface area contributed by atoms with E-state index < -0.39 is 5.92 Å². The van der Waals surface area contributed by atoms with Crippen LogP contribution in [-0.4, -0.2) is 35.7 Å². The normalized spacial score (nSPS) is 16.0. The fourth-order valence-electron chi connectivity index (χ4n) is 3.16. The summed E-state index contributed by atoms with van der Waals surface area (Å²) < 4.78 is 6.01. The lowest BCUT2D eigenvalue weighted by atomic mass is 10.1. The molecule has 1 aliphatic heterocycles. The average Bonchev–Trinajstić information content (AvgIpc) is 3.39. The van der Waals surface area contributed by atoms with Crippen molar-refractivity contribution in [1.82, 2.24) is 10.2 Å². The Hall–Kier alpha value is -2.91. The van der Waals surface area contributed by atoms with Crippen LogP contribution in [0.25, 0.3) is 0 Å². The molecule has 0 unspecified atom stereocenters. The van der Waals surface area contributed by atoms with Gasteiger partial charge in [-0.3, -0.25) is 9.59 Å². The molecule has 3 aromatic rings. The van der Waals surface area contributed by atoms with E-state index in [-0.39, 0.29) is 18.2 Å². The van der Waals surface area contributed by atoms with Crippen molar-refractivity contribution in [2.75, 3.05) is 23.9 Å². The topological polar surface area (TPSA) is 84.4 Å². The Morgan fingerprint density at radius 1 is 1.23 bits per heavy atom. The molecule has 30 heavy (non-hydrogen) atoms. The maximum absolute atomic E-state index is 12.7. The third-order valence-corrected chi connectivity index (χ3v) is 6.75. The molecule has 2 aromatic carbocycles. The van der Waals surface area contributed by atoms with Crippen molar-refractivity contribution >= 4 is 45.7 Å². The van der Waals surface area contributed by atoms with Crippen molar-refractivity contribution in [2.24, 2.45) is 5.92 Å². The fraction of sp³-hybridized carbons (Fsp3) is 0.238. The maximum atomic E-state index is 12.7. The number of nitrogens with one attached hydrogen (secondary N) is 1. The third-order valence-electron chi connectivity index (χ3n) is 4.70. The molecule has 0 saturated carbocycles. The predicted octanol–water partition coefficient (Wildman–Crippen LogP) is 3.83. The molecule has 2 amide bonds. The molecule has 4 rings (SSSR count). The number of methoxy groups -OCH3 is 1. The lowest BCUT2D eigenvalue weighted by Crippen LogP contribution is -2.28. The number of nitrogens with zero attached hydrogens (tertiary/aromatic N) is 3. The monoisotopic (exact) mass is 440 g/mol. The molecule has 1 N–H and O–H groups in total. The van der Waals surface area contributed by atoms with Crippen LogP contribution < -0.4 is 15.0 Å². The van der Waals surface area contributed by atoms with E-state index in [0.717, 1.165) is 15.8 Å². The number of amides is 2. The first-order valence-corrected chi connectivity index (χ1v) is 11.2. The second-order valence-electron chi connectivity index (χ2n) is 6.74. The van der Waals surface area contributed by atoms with Gasteiger partial charge in [0.1, 0.15) is 5.75 Å². The molecule has 9 heteroatoms. The van der Waals surface area contributed by atoms with Gasteiger partial charge in [-0.25, -0.2) is 0 Å². The SMILES string of the molecule is COc1cccc(N2C[C@H](C(=O)Nc3nnc(SCc4ccccc4)s3)CC2=O)c1. The van der Waals surface area contributed by atoms with Crippen molar-refractivity contribution in [2.45, 2.75) is 16.5 Å². The van der Waals surface area contributed by atoms with Gasteiger partial charge in [0.05, 0.1) is 13.0 Å². The number of carbonyl (C=O) groups excluding carboxylic acids is 2. The van der Waals surface area contributed by atoms with Gasteiger partial charge in [-0.2, -0.15) is 0 Å². The number of benzene rings is 2. The molecule has 0 bridgehead atoms. The first-order valence-electron chi connectivity index (χ1n) is 9.38. The lowest BCUT2D eigenvalue weighted by Gasteiger charge is -2.17. The molecule has 1 aliphatic rings. The smallest absolute Gasteiger partial charge is 0.231 e. The number of ether oxygens (including phenoxy) is 1. The maximum Gasteiger partial charge on any atom is 0.231 e. The van der Waals surface area contributed by atoms with E-state index in [9.17, 15) is 9.59 Å². The highest BCUT2D eigenvalue weighted by Crippen LogP contribution is 2.31. The predicted molar refractivity (Wildman–Crippen MR) is 118 cm³/mol. The minimum absolute atomic E-state index is 0.0835. The van der Waals surface area contributed by atoms with Crippen LogP contribution >= 0.6 is 23.1 Å². The number of hydrogen-bond acceptors (Lipinski definition) is 7. The molecular formula is C21H20N4O3S2. The number of aromatic nitrogens is 2. The van der Waals surface area contributed by atoms with Gasteiger partial charge in [-0.05, 0) is 17.7 Å². The highest BCUT2D eigenvalue weighted by Gasteiger charge is 2.35. The number of hydrogen-bond donors (Lipinski definition) is 1. The van der Waals surface area contributed by atoms with Crippen molar-refractivity contribution < 1.29 is 14.3 Å². The van der Waals surface area contributed by atoms with Gasteiger partial charge < -0.3 is 15.0 Å². The van der Waals surface area contributed by atoms with Crippen LogP contribution in [-0.2, 0) is 15.3 Å². The Morgan fingerprint density at radius 3 is 2.87 bits per heavy atom. The lowest BCUT2D eigenvalue weighted by molar-refractivity contribution is -0.122. The summed E-state index contributed by atoms with van der Waals surface area (Å²) in [6.07, 6.45) is 0.164. The van der Waals surface area contributed by atoms with Crippen molar-refractivity contribution in [3.63, 3.8) is 0 Å². The Balaban J connectivity index is 1.34. The molecular weight excluding hydrogens is 420 g/mol. The van der Waals surface area contributed by atoms with Gasteiger partial charge in [0, 0.05) is 30.5 Å². The second-order valence-corrected chi connectivity index (χ2v) is 8.94. The quantitative estimate of drug-likeness (QED) is 0.444. The molecule has 1 atom stereocenters. The minimum atomic E-state index is -0.437. The fourth-order valence-corrected chi connectivity index (χ4v) is 4.87. The van der Waals surface area contributed by atoms with Crippen LogP contribution in [0.2, 0.25) is 0 Å². The zero-order valence-electron chi connectivity index (χ0n) is 16.3. The van der Waals surface area contributed by atoms with Crippen LogP contribution in [0.15, 0.2) is 58.9 Å². The second kappa shape index (κ2) is 9.27. The zero-order valence-corrected chi connectivity index (χ0v) is 17.9. The molecule has 0 radical (unpaired) electrons. The largest absolute Gasteiger partial charge is 0.497 e. The summed E-state index contributed by atoms with van der Waals surface area (Å²) in [7, 11) is 1.58. The van der Waals surface area contributed by atoms with E-state index in [1.165, 1.54) is 16.9 Å². The number of anilines is 2. The first kappa shape index (κ1) is 20.4. The molecule has 7 nitrogen and oxygen atoms in total. The van der Waals surface area contributed by atoms with Crippen molar-refractivity contribution in [3.8, 4) is 5.75 Å². The van der Waals surface area contributed by atoms with E-state index in [1.807, 2.05) is 36.4 Å². The average molecular weight is 441 g/mol. The molecule has 0 spiro atoms. The van der Waals surface area contributed by atoms with Gasteiger partial charge in [-0.1, -0.05) is 59.5 Å². The standard InChI is InChI=1S/C21H20N4O3S2/c1-28-17-9-5-8-16(11-17)25-12-15(10-18(25)26)19(27)22-20-23-24-21(30-20)29-13-14-6-3-2-4-7-14/h2-9,11,15H,10,12-13H2,1H3,(H,22,23,27)/t15-/m1/s1. The van der Waals surface area contributed by atoms with Crippen molar-refractivity contribution in [3.05, 3.63) is 60.2 Å². The van der Waals surface area contributed by atoms with Gasteiger partial charge in [-0.15, -0.1) is 10.2 Å². The van der Waals surface area contributed by atoms with E-state index >= 15 is 0 Å². The minimum Gasteiger partial charge on any atom is -0.497 e. The molecule has 154 valence electrons. The van der Waals surface area contributed by atoms with Crippen LogP contribution in [0.1, 0.15) is 12.0 Å². The van der Waals surface area contributed by atoms with Gasteiger partial charge >= 0.3 is 0 Å². The highest BCUT2D eigenvalue weighted by atomic mass is 32.2. The van der Waals surface area contributed by atoms with Crippen LogP contribution in [0.4, 0.5) is 10.8 Å². The van der Waals surface area contributed by atoms with Crippen LogP contribution in [0, 0.1) is 5.92 Å². The molecule has 1 saturated heterocycles. The Labute approximate surface area is 182 Å². The van der Waals surface area contributed by atoms with Gasteiger partial charge in [0.15, 0.2) is 4.34 Å². The summed E-state index contributed by atoms with van der Waals surface area (Å²) in [4.78, 5) is 26.7. The first-order chi connectivity index (χ1) is 14.6. The highest BCUT2D eigenvalue weighted by molar-refractivity contribution is 8.00. The summed E-state index contributed by atoms with van der Waals surface area (Å²) in [5, 5.41) is 11.4. The summed E-state index contributed by atoms with van der Waals surface area (Å²) in [6.45, 7) is 0.326. The summed E-state index contributed by atoms with van der Waals surface area (Å²) in [6, 6.07) is 17.4. The summed E-state index contributed by atoms with van der Waals surface area (Å²) in [5.74, 6) is 0.718.